The second kappa shape index (κ2) is 10.2. The molecule has 4 rings (SSSR count). The summed E-state index contributed by atoms with van der Waals surface area (Å²) >= 11 is 12.4. The zero-order valence-corrected chi connectivity index (χ0v) is 20.6. The van der Waals surface area contributed by atoms with E-state index in [1.54, 1.807) is 19.3 Å². The van der Waals surface area contributed by atoms with Gasteiger partial charge in [-0.25, -0.2) is 14.4 Å². The second-order valence-corrected chi connectivity index (χ2v) is 8.87. The van der Waals surface area contributed by atoms with Crippen molar-refractivity contribution < 1.29 is 13.9 Å². The average Bonchev–Trinajstić information content (AvgIpc) is 2.83. The quantitative estimate of drug-likeness (QED) is 0.449. The third kappa shape index (κ3) is 4.71. The van der Waals surface area contributed by atoms with E-state index in [1.165, 1.54) is 19.2 Å². The molecule has 1 fully saturated rings. The Morgan fingerprint density at radius 2 is 1.97 bits per heavy atom. The van der Waals surface area contributed by atoms with Crippen LogP contribution in [0.1, 0.15) is 25.5 Å². The van der Waals surface area contributed by atoms with E-state index in [0.29, 0.717) is 22.9 Å². The maximum Gasteiger partial charge on any atom is 0.205 e. The lowest BCUT2D eigenvalue weighted by Gasteiger charge is -2.34. The van der Waals surface area contributed by atoms with Gasteiger partial charge < -0.3 is 25.4 Å². The number of halogens is 3. The molecular weight excluding hydrogens is 480 g/mol. The molecule has 34 heavy (non-hydrogen) atoms. The number of methoxy groups -OCH3 is 1. The molecule has 1 saturated heterocycles. The van der Waals surface area contributed by atoms with Crippen LogP contribution in [0.2, 0.25) is 10.0 Å². The number of piperazine rings is 1. The molecule has 0 saturated carbocycles. The van der Waals surface area contributed by atoms with Crippen molar-refractivity contribution in [3.05, 3.63) is 58.1 Å². The first-order valence-electron chi connectivity index (χ1n) is 10.9. The molecule has 7 nitrogen and oxygen atoms in total. The van der Waals surface area contributed by atoms with Crippen LogP contribution in [0.5, 0.6) is 11.5 Å². The Bertz CT molecular complexity index is 1180. The highest BCUT2D eigenvalue weighted by Gasteiger charge is 2.24. The number of ether oxygens (including phenoxy) is 2. The molecule has 180 valence electrons. The Labute approximate surface area is 208 Å². The first kappa shape index (κ1) is 24.3. The van der Waals surface area contributed by atoms with Crippen LogP contribution >= 0.6 is 23.2 Å². The van der Waals surface area contributed by atoms with E-state index in [4.69, 9.17) is 38.4 Å². The molecule has 0 aliphatic carbocycles. The molecule has 3 N–H and O–H groups in total. The zero-order valence-electron chi connectivity index (χ0n) is 19.1. The van der Waals surface area contributed by atoms with Crippen LogP contribution in [-0.2, 0) is 0 Å². The van der Waals surface area contributed by atoms with E-state index in [1.807, 2.05) is 12.1 Å². The number of anilines is 2. The molecule has 3 aromatic rings. The molecule has 1 unspecified atom stereocenters. The van der Waals surface area contributed by atoms with E-state index >= 15 is 0 Å². The number of nitrogens with one attached hydrogen (secondary N) is 1. The summed E-state index contributed by atoms with van der Waals surface area (Å²) in [6.07, 6.45) is 2.66. The highest BCUT2D eigenvalue weighted by Crippen LogP contribution is 2.44. The summed E-state index contributed by atoms with van der Waals surface area (Å²) < 4.78 is 25.8. The summed E-state index contributed by atoms with van der Waals surface area (Å²) in [5, 5.41) is 3.55. The summed E-state index contributed by atoms with van der Waals surface area (Å²) in [5.74, 6) is 1.03. The highest BCUT2D eigenvalue weighted by molar-refractivity contribution is 6.36. The molecular formula is C24H26Cl2FN5O2. The van der Waals surface area contributed by atoms with Crippen LogP contribution in [0.25, 0.3) is 11.1 Å². The van der Waals surface area contributed by atoms with Crippen molar-refractivity contribution >= 4 is 34.8 Å². The lowest BCUT2D eigenvalue weighted by Crippen LogP contribution is -2.50. The number of hydrogen-bond acceptors (Lipinski definition) is 7. The number of aromatic nitrogens is 2. The van der Waals surface area contributed by atoms with Gasteiger partial charge in [-0.15, -0.1) is 0 Å². The van der Waals surface area contributed by atoms with Gasteiger partial charge in [0.05, 0.1) is 12.1 Å². The SMILES string of the molecule is COc1c(-c2ccc(N3CCNC[C@@H]3C)nc2)cnc(N)c1OC(C)c1c(Cl)ccc(F)c1Cl. The molecule has 2 aromatic heterocycles. The van der Waals surface area contributed by atoms with Gasteiger partial charge in [0.15, 0.2) is 11.6 Å². The first-order chi connectivity index (χ1) is 16.3. The fraction of sp³-hybridized carbons (Fsp3) is 0.333. The maximum absolute atomic E-state index is 14.0. The normalized spacial score (nSPS) is 16.9. The molecule has 0 radical (unpaired) electrons. The summed E-state index contributed by atoms with van der Waals surface area (Å²) in [7, 11) is 1.52. The number of nitrogen functional groups attached to an aromatic ring is 1. The maximum atomic E-state index is 14.0. The Kier molecular flexibility index (Phi) is 7.30. The summed E-state index contributed by atoms with van der Waals surface area (Å²) in [4.78, 5) is 11.2. The van der Waals surface area contributed by atoms with E-state index in [2.05, 4.69) is 27.1 Å². The Balaban J connectivity index is 1.67. The fourth-order valence-corrected chi connectivity index (χ4v) is 4.74. The van der Waals surface area contributed by atoms with Crippen molar-refractivity contribution in [2.24, 2.45) is 0 Å². The molecule has 1 aliphatic heterocycles. The summed E-state index contributed by atoms with van der Waals surface area (Å²) in [5.41, 5.74) is 7.88. The van der Waals surface area contributed by atoms with Crippen molar-refractivity contribution in [1.29, 1.82) is 0 Å². The van der Waals surface area contributed by atoms with Gasteiger partial charge in [0.25, 0.3) is 0 Å². The summed E-state index contributed by atoms with van der Waals surface area (Å²) in [6.45, 7) is 6.58. The predicted molar refractivity (Wildman–Crippen MR) is 134 cm³/mol. The van der Waals surface area contributed by atoms with Gasteiger partial charge >= 0.3 is 0 Å². The number of nitrogens with zero attached hydrogens (tertiary/aromatic N) is 3. The first-order valence-corrected chi connectivity index (χ1v) is 11.6. The molecule has 3 heterocycles. The Morgan fingerprint density at radius 1 is 1.18 bits per heavy atom. The van der Waals surface area contributed by atoms with Crippen molar-refractivity contribution in [1.82, 2.24) is 15.3 Å². The standard InChI is InChI=1S/C24H26Cl2FN5O2/c1-13-10-29-8-9-32(13)19-7-4-15(11-30-19)16-12-31-24(28)23(22(16)33-3)34-14(2)20-17(25)5-6-18(27)21(20)26/h4-7,11-14,29H,8-10H2,1-3H3,(H2,28,31)/t13-,14?/m0/s1. The molecule has 1 aromatic carbocycles. The van der Waals surface area contributed by atoms with Crippen molar-refractivity contribution in [3.63, 3.8) is 0 Å². The third-order valence-corrected chi connectivity index (χ3v) is 6.57. The minimum Gasteiger partial charge on any atom is -0.492 e. The Hall–Kier alpha value is -2.81. The number of rotatable bonds is 6. The van der Waals surface area contributed by atoms with Gasteiger partial charge in [-0.3, -0.25) is 0 Å². The van der Waals surface area contributed by atoms with Gasteiger partial charge in [0, 0.05) is 59.8 Å². The minimum absolute atomic E-state index is 0.108. The van der Waals surface area contributed by atoms with Gasteiger partial charge in [0.2, 0.25) is 5.75 Å². The molecule has 2 atom stereocenters. The average molecular weight is 506 g/mol. The molecule has 0 amide bonds. The lowest BCUT2D eigenvalue weighted by molar-refractivity contribution is 0.216. The highest BCUT2D eigenvalue weighted by atomic mass is 35.5. The number of hydrogen-bond donors (Lipinski definition) is 2. The zero-order chi connectivity index (χ0) is 24.4. The van der Waals surface area contributed by atoms with E-state index in [9.17, 15) is 4.39 Å². The molecule has 10 heteroatoms. The van der Waals surface area contributed by atoms with Crippen molar-refractivity contribution in [3.8, 4) is 22.6 Å². The molecule has 0 bridgehead atoms. The number of benzene rings is 1. The van der Waals surface area contributed by atoms with Crippen LogP contribution in [0.4, 0.5) is 16.0 Å². The Morgan fingerprint density at radius 3 is 2.65 bits per heavy atom. The van der Waals surface area contributed by atoms with E-state index < -0.39 is 11.9 Å². The molecule has 1 aliphatic rings. The van der Waals surface area contributed by atoms with E-state index in [-0.39, 0.29) is 21.6 Å². The van der Waals surface area contributed by atoms with Crippen molar-refractivity contribution in [2.75, 3.05) is 37.4 Å². The fourth-order valence-electron chi connectivity index (χ4n) is 4.06. The van der Waals surface area contributed by atoms with Gasteiger partial charge in [-0.05, 0) is 38.1 Å². The molecule has 0 spiro atoms. The van der Waals surface area contributed by atoms with Crippen LogP contribution < -0.4 is 25.4 Å². The van der Waals surface area contributed by atoms with Crippen LogP contribution in [0.3, 0.4) is 0 Å². The van der Waals surface area contributed by atoms with Crippen molar-refractivity contribution in [2.45, 2.75) is 26.0 Å². The third-order valence-electron chi connectivity index (χ3n) is 5.86. The van der Waals surface area contributed by atoms with Gasteiger partial charge in [-0.2, -0.15) is 0 Å². The lowest BCUT2D eigenvalue weighted by atomic mass is 10.1. The van der Waals surface area contributed by atoms with Gasteiger partial charge in [-0.1, -0.05) is 23.2 Å². The monoisotopic (exact) mass is 505 g/mol. The largest absolute Gasteiger partial charge is 0.492 e. The topological polar surface area (TPSA) is 85.5 Å². The van der Waals surface area contributed by atoms with Crippen LogP contribution in [0.15, 0.2) is 36.7 Å². The van der Waals surface area contributed by atoms with Gasteiger partial charge in [0.1, 0.15) is 17.7 Å². The smallest absolute Gasteiger partial charge is 0.205 e. The number of pyridine rings is 2. The predicted octanol–water partition coefficient (Wildman–Crippen LogP) is 5.12. The van der Waals surface area contributed by atoms with E-state index in [0.717, 1.165) is 31.0 Å². The van der Waals surface area contributed by atoms with Crippen LogP contribution in [-0.4, -0.2) is 42.8 Å². The number of nitrogens with two attached hydrogens (primary N) is 1. The minimum atomic E-state index is -0.723. The second-order valence-electron chi connectivity index (χ2n) is 8.09. The summed E-state index contributed by atoms with van der Waals surface area (Å²) in [6, 6.07) is 6.92. The van der Waals surface area contributed by atoms with Crippen LogP contribution in [0, 0.1) is 5.82 Å².